The fraction of sp³-hybridized carbons (Fsp3) is 0.0667. The molecular weight excluding hydrogens is 261 g/mol. The van der Waals surface area contributed by atoms with Crippen LogP contribution in [0, 0.1) is 5.82 Å². The Kier molecular flexibility index (Phi) is 4.10. The number of Topliss-reactive ketones (excluding diaryl/α,β-unsaturated/α-hetero) is 1. The van der Waals surface area contributed by atoms with Crippen LogP contribution in [0.3, 0.4) is 0 Å². The van der Waals surface area contributed by atoms with Gasteiger partial charge in [0.15, 0.2) is 12.4 Å². The highest BCUT2D eigenvalue weighted by Gasteiger charge is 2.08. The molecule has 5 heteroatoms. The normalized spacial score (nSPS) is 10.1. The van der Waals surface area contributed by atoms with Crippen LogP contribution in [-0.2, 0) is 0 Å². The van der Waals surface area contributed by atoms with Crippen LogP contribution in [0.1, 0.15) is 20.7 Å². The highest BCUT2D eigenvalue weighted by Crippen LogP contribution is 2.13. The SMILES string of the molecule is NC(=O)c1ccc(OCC(=O)c2cccc(F)c2)cc1. The first kappa shape index (κ1) is 13.7. The third kappa shape index (κ3) is 3.41. The van der Waals surface area contributed by atoms with Crippen molar-refractivity contribution in [2.75, 3.05) is 6.61 Å². The smallest absolute Gasteiger partial charge is 0.248 e. The van der Waals surface area contributed by atoms with E-state index in [9.17, 15) is 14.0 Å². The van der Waals surface area contributed by atoms with E-state index in [2.05, 4.69) is 0 Å². The highest BCUT2D eigenvalue weighted by atomic mass is 19.1. The molecular formula is C15H12FNO3. The molecule has 0 saturated carbocycles. The average Bonchev–Trinajstić information content (AvgIpc) is 2.45. The van der Waals surface area contributed by atoms with E-state index < -0.39 is 11.7 Å². The molecule has 2 N–H and O–H groups in total. The number of carbonyl (C=O) groups excluding carboxylic acids is 2. The van der Waals surface area contributed by atoms with E-state index in [0.717, 1.165) is 6.07 Å². The van der Waals surface area contributed by atoms with Crippen LogP contribution in [-0.4, -0.2) is 18.3 Å². The van der Waals surface area contributed by atoms with Crippen molar-refractivity contribution in [3.63, 3.8) is 0 Å². The van der Waals surface area contributed by atoms with Gasteiger partial charge in [0.25, 0.3) is 0 Å². The summed E-state index contributed by atoms with van der Waals surface area (Å²) >= 11 is 0. The summed E-state index contributed by atoms with van der Waals surface area (Å²) in [6, 6.07) is 11.5. The van der Waals surface area contributed by atoms with Crippen LogP contribution < -0.4 is 10.5 Å². The summed E-state index contributed by atoms with van der Waals surface area (Å²) in [6.45, 7) is -0.209. The molecule has 0 spiro atoms. The number of hydrogen-bond donors (Lipinski definition) is 1. The monoisotopic (exact) mass is 273 g/mol. The van der Waals surface area contributed by atoms with Crippen LogP contribution in [0.5, 0.6) is 5.75 Å². The zero-order valence-corrected chi connectivity index (χ0v) is 10.5. The molecule has 0 bridgehead atoms. The molecule has 0 heterocycles. The maximum absolute atomic E-state index is 13.0. The van der Waals surface area contributed by atoms with Crippen LogP contribution in [0.2, 0.25) is 0 Å². The number of primary amides is 1. The number of ether oxygens (including phenoxy) is 1. The predicted octanol–water partition coefficient (Wildman–Crippen LogP) is 2.19. The van der Waals surface area contributed by atoms with Crippen LogP contribution in [0.15, 0.2) is 48.5 Å². The summed E-state index contributed by atoms with van der Waals surface area (Å²) in [5.74, 6) is -0.905. The van der Waals surface area contributed by atoms with Gasteiger partial charge in [-0.25, -0.2) is 4.39 Å². The van der Waals surface area contributed by atoms with Gasteiger partial charge in [0, 0.05) is 11.1 Å². The Hall–Kier alpha value is -2.69. The summed E-state index contributed by atoms with van der Waals surface area (Å²) in [7, 11) is 0. The lowest BCUT2D eigenvalue weighted by Gasteiger charge is -2.06. The first-order chi connectivity index (χ1) is 9.56. The second kappa shape index (κ2) is 5.97. The van der Waals surface area contributed by atoms with Gasteiger partial charge in [-0.15, -0.1) is 0 Å². The Bertz CT molecular complexity index is 638. The Balaban J connectivity index is 1.98. The fourth-order valence-corrected chi connectivity index (χ4v) is 1.61. The molecule has 0 atom stereocenters. The number of benzene rings is 2. The molecule has 0 aliphatic heterocycles. The van der Waals surface area contributed by atoms with Gasteiger partial charge >= 0.3 is 0 Å². The van der Waals surface area contributed by atoms with E-state index in [-0.39, 0.29) is 18.0 Å². The second-order valence-corrected chi connectivity index (χ2v) is 4.11. The molecule has 2 aromatic carbocycles. The summed E-state index contributed by atoms with van der Waals surface area (Å²) in [6.07, 6.45) is 0. The number of carbonyl (C=O) groups is 2. The molecule has 0 aromatic heterocycles. The minimum atomic E-state index is -0.535. The van der Waals surface area contributed by atoms with Crippen molar-refractivity contribution in [1.29, 1.82) is 0 Å². The average molecular weight is 273 g/mol. The van der Waals surface area contributed by atoms with Gasteiger partial charge < -0.3 is 10.5 Å². The molecule has 2 rings (SSSR count). The molecule has 0 aliphatic carbocycles. The zero-order chi connectivity index (χ0) is 14.5. The van der Waals surface area contributed by atoms with Gasteiger partial charge in [-0.05, 0) is 36.4 Å². The maximum Gasteiger partial charge on any atom is 0.248 e. The van der Waals surface area contributed by atoms with Gasteiger partial charge in [0.2, 0.25) is 5.91 Å². The summed E-state index contributed by atoms with van der Waals surface area (Å²) in [4.78, 5) is 22.7. The lowest BCUT2D eigenvalue weighted by Crippen LogP contribution is -2.12. The van der Waals surface area contributed by atoms with Crippen molar-refractivity contribution in [3.8, 4) is 5.75 Å². The van der Waals surface area contributed by atoms with Crippen molar-refractivity contribution in [3.05, 3.63) is 65.5 Å². The third-order valence-electron chi connectivity index (χ3n) is 2.66. The predicted molar refractivity (Wildman–Crippen MR) is 71.2 cm³/mol. The molecule has 0 saturated heterocycles. The largest absolute Gasteiger partial charge is 0.485 e. The molecule has 0 unspecified atom stereocenters. The number of rotatable bonds is 5. The fourth-order valence-electron chi connectivity index (χ4n) is 1.61. The minimum Gasteiger partial charge on any atom is -0.485 e. The van der Waals surface area contributed by atoms with Gasteiger partial charge in [-0.2, -0.15) is 0 Å². The number of nitrogens with two attached hydrogens (primary N) is 1. The zero-order valence-electron chi connectivity index (χ0n) is 10.5. The lowest BCUT2D eigenvalue weighted by atomic mass is 10.1. The Labute approximate surface area is 115 Å². The number of amides is 1. The van der Waals surface area contributed by atoms with Crippen molar-refractivity contribution in [1.82, 2.24) is 0 Å². The first-order valence-corrected chi connectivity index (χ1v) is 5.87. The van der Waals surface area contributed by atoms with E-state index in [1.165, 1.54) is 30.3 Å². The number of halogens is 1. The van der Waals surface area contributed by atoms with Crippen LogP contribution in [0.4, 0.5) is 4.39 Å². The van der Waals surface area contributed by atoms with Crippen molar-refractivity contribution in [2.24, 2.45) is 5.73 Å². The van der Waals surface area contributed by atoms with E-state index in [0.29, 0.717) is 11.3 Å². The molecule has 0 aliphatic rings. The van der Waals surface area contributed by atoms with Crippen LogP contribution >= 0.6 is 0 Å². The Morgan fingerprint density at radius 3 is 2.35 bits per heavy atom. The van der Waals surface area contributed by atoms with Crippen molar-refractivity contribution < 1.29 is 18.7 Å². The van der Waals surface area contributed by atoms with Crippen molar-refractivity contribution >= 4 is 11.7 Å². The quantitative estimate of drug-likeness (QED) is 0.849. The molecule has 2 aromatic rings. The summed E-state index contributed by atoms with van der Waals surface area (Å²) < 4.78 is 18.2. The molecule has 4 nitrogen and oxygen atoms in total. The van der Waals surface area contributed by atoms with E-state index in [4.69, 9.17) is 10.5 Å². The topological polar surface area (TPSA) is 69.4 Å². The van der Waals surface area contributed by atoms with Gasteiger partial charge in [0.05, 0.1) is 0 Å². The minimum absolute atomic E-state index is 0.209. The molecule has 0 radical (unpaired) electrons. The van der Waals surface area contributed by atoms with E-state index in [1.54, 1.807) is 12.1 Å². The van der Waals surface area contributed by atoms with Gasteiger partial charge in [-0.3, -0.25) is 9.59 Å². The molecule has 20 heavy (non-hydrogen) atoms. The summed E-state index contributed by atoms with van der Waals surface area (Å²) in [5, 5.41) is 0. The Morgan fingerprint density at radius 1 is 1.05 bits per heavy atom. The summed E-state index contributed by atoms with van der Waals surface area (Å²) in [5.41, 5.74) is 5.71. The standard InChI is InChI=1S/C15H12FNO3/c16-12-3-1-2-11(8-12)14(18)9-20-13-6-4-10(5-7-13)15(17)19/h1-8H,9H2,(H2,17,19). The van der Waals surface area contributed by atoms with Gasteiger partial charge in [-0.1, -0.05) is 12.1 Å². The second-order valence-electron chi connectivity index (χ2n) is 4.11. The number of ketones is 1. The van der Waals surface area contributed by atoms with E-state index in [1.807, 2.05) is 0 Å². The number of hydrogen-bond acceptors (Lipinski definition) is 3. The molecule has 1 amide bonds. The molecule has 102 valence electrons. The lowest BCUT2D eigenvalue weighted by molar-refractivity contribution is 0.0919. The maximum atomic E-state index is 13.0. The Morgan fingerprint density at radius 2 is 1.75 bits per heavy atom. The van der Waals surface area contributed by atoms with Crippen molar-refractivity contribution in [2.45, 2.75) is 0 Å². The molecule has 0 fully saturated rings. The first-order valence-electron chi connectivity index (χ1n) is 5.87. The van der Waals surface area contributed by atoms with Crippen LogP contribution in [0.25, 0.3) is 0 Å². The van der Waals surface area contributed by atoms with Gasteiger partial charge in [0.1, 0.15) is 11.6 Å². The highest BCUT2D eigenvalue weighted by molar-refractivity contribution is 5.97. The van der Waals surface area contributed by atoms with E-state index >= 15 is 0 Å². The third-order valence-corrected chi connectivity index (χ3v) is 2.66.